The zero-order valence-corrected chi connectivity index (χ0v) is 18.0. The molecule has 3 N–H and O–H groups in total. The van der Waals surface area contributed by atoms with Gasteiger partial charge in [-0.25, -0.2) is 9.67 Å². The van der Waals surface area contributed by atoms with Gasteiger partial charge in [-0.1, -0.05) is 5.16 Å². The van der Waals surface area contributed by atoms with Gasteiger partial charge < -0.3 is 20.4 Å². The highest BCUT2D eigenvalue weighted by molar-refractivity contribution is 6.11. The average Bonchev–Trinajstić information content (AvgIpc) is 3.38. The molecule has 0 aromatic carbocycles. The number of rotatable bonds is 6. The first-order valence-electron chi connectivity index (χ1n) is 11.2. The van der Waals surface area contributed by atoms with Crippen LogP contribution >= 0.6 is 0 Å². The maximum Gasteiger partial charge on any atom is 0.306 e. The molecule has 10 nitrogen and oxygen atoms in total. The lowest BCUT2D eigenvalue weighted by Gasteiger charge is -2.40. The molecule has 2 saturated carbocycles. The molecule has 0 unspecified atom stereocenters. The lowest BCUT2D eigenvalue weighted by atomic mass is 9.68. The Morgan fingerprint density at radius 2 is 1.88 bits per heavy atom. The van der Waals surface area contributed by atoms with Crippen molar-refractivity contribution in [3.05, 3.63) is 18.0 Å². The Kier molecular flexibility index (Phi) is 5.02. The SMILES string of the molecule is CCn1ncc2c(NC3CCC(C(=O)O)CC3)c(C3=NOC4(C3)CC(C(=O)O)C4)cnc21. The van der Waals surface area contributed by atoms with Crippen molar-refractivity contribution in [2.24, 2.45) is 17.0 Å². The number of anilines is 1. The van der Waals surface area contributed by atoms with E-state index in [0.717, 1.165) is 40.8 Å². The Balaban J connectivity index is 1.42. The molecule has 5 rings (SSSR count). The minimum absolute atomic E-state index is 0.150. The zero-order chi connectivity index (χ0) is 22.5. The number of pyridine rings is 1. The summed E-state index contributed by atoms with van der Waals surface area (Å²) in [4.78, 5) is 32.9. The van der Waals surface area contributed by atoms with Gasteiger partial charge in [0.1, 0.15) is 5.60 Å². The quantitative estimate of drug-likeness (QED) is 0.622. The molecule has 3 heterocycles. The van der Waals surface area contributed by atoms with Crippen LogP contribution in [0.15, 0.2) is 17.5 Å². The zero-order valence-electron chi connectivity index (χ0n) is 18.0. The predicted molar refractivity (Wildman–Crippen MR) is 116 cm³/mol. The molecular weight excluding hydrogens is 414 g/mol. The normalized spacial score (nSPS) is 29.4. The summed E-state index contributed by atoms with van der Waals surface area (Å²) in [6.45, 7) is 2.71. The number of nitrogens with zero attached hydrogens (tertiary/aromatic N) is 4. The Hall–Kier alpha value is -3.17. The Bertz CT molecular complexity index is 1100. The van der Waals surface area contributed by atoms with E-state index in [1.165, 1.54) is 0 Å². The number of hydrogen-bond donors (Lipinski definition) is 3. The molecule has 10 heteroatoms. The predicted octanol–water partition coefficient (Wildman–Crippen LogP) is 2.86. The van der Waals surface area contributed by atoms with Gasteiger partial charge in [0.25, 0.3) is 0 Å². The maximum absolute atomic E-state index is 11.3. The van der Waals surface area contributed by atoms with E-state index in [2.05, 4.69) is 20.6 Å². The van der Waals surface area contributed by atoms with E-state index in [1.807, 2.05) is 11.6 Å². The molecule has 0 atom stereocenters. The van der Waals surface area contributed by atoms with Crippen LogP contribution in [0, 0.1) is 11.8 Å². The lowest BCUT2D eigenvalue weighted by Crippen LogP contribution is -2.47. The molecule has 2 fully saturated rings. The van der Waals surface area contributed by atoms with Crippen molar-refractivity contribution in [1.82, 2.24) is 14.8 Å². The van der Waals surface area contributed by atoms with Crippen molar-refractivity contribution in [3.63, 3.8) is 0 Å². The van der Waals surface area contributed by atoms with E-state index in [-0.39, 0.29) is 17.9 Å². The average molecular weight is 441 g/mol. The molecule has 1 spiro atoms. The van der Waals surface area contributed by atoms with Crippen LogP contribution in [-0.4, -0.2) is 54.3 Å². The fourth-order valence-electron chi connectivity index (χ4n) is 5.22. The summed E-state index contributed by atoms with van der Waals surface area (Å²) < 4.78 is 1.84. The van der Waals surface area contributed by atoms with E-state index >= 15 is 0 Å². The number of hydrogen-bond acceptors (Lipinski definition) is 7. The smallest absolute Gasteiger partial charge is 0.306 e. The van der Waals surface area contributed by atoms with Crippen molar-refractivity contribution < 1.29 is 24.6 Å². The largest absolute Gasteiger partial charge is 0.481 e. The van der Waals surface area contributed by atoms with Crippen LogP contribution in [0.2, 0.25) is 0 Å². The number of aryl methyl sites for hydroxylation is 1. The van der Waals surface area contributed by atoms with Gasteiger partial charge in [-0.2, -0.15) is 5.10 Å². The second kappa shape index (κ2) is 7.75. The first-order valence-corrected chi connectivity index (χ1v) is 11.2. The van der Waals surface area contributed by atoms with Crippen LogP contribution in [0.5, 0.6) is 0 Å². The summed E-state index contributed by atoms with van der Waals surface area (Å²) in [6.07, 6.45) is 7.90. The lowest BCUT2D eigenvalue weighted by molar-refractivity contribution is -0.162. The van der Waals surface area contributed by atoms with Gasteiger partial charge in [-0.15, -0.1) is 0 Å². The molecule has 1 aliphatic heterocycles. The highest BCUT2D eigenvalue weighted by atomic mass is 16.7. The number of carboxylic acid groups (broad SMARTS) is 2. The minimum Gasteiger partial charge on any atom is -0.481 e. The maximum atomic E-state index is 11.3. The highest BCUT2D eigenvalue weighted by Gasteiger charge is 2.53. The van der Waals surface area contributed by atoms with E-state index in [4.69, 9.17) is 4.84 Å². The molecular formula is C22H27N5O5. The summed E-state index contributed by atoms with van der Waals surface area (Å²) in [5.41, 5.74) is 2.74. The third-order valence-electron chi connectivity index (χ3n) is 7.13. The monoisotopic (exact) mass is 441 g/mol. The summed E-state index contributed by atoms with van der Waals surface area (Å²) >= 11 is 0. The number of aromatic nitrogens is 3. The van der Waals surface area contributed by atoms with Crippen LogP contribution in [0.25, 0.3) is 11.0 Å². The molecule has 170 valence electrons. The number of nitrogens with one attached hydrogen (secondary N) is 1. The number of oxime groups is 1. The van der Waals surface area contributed by atoms with Gasteiger partial charge in [-0.05, 0) is 32.6 Å². The Morgan fingerprint density at radius 1 is 1.16 bits per heavy atom. The Labute approximate surface area is 184 Å². The van der Waals surface area contributed by atoms with Crippen LogP contribution in [0.1, 0.15) is 57.4 Å². The van der Waals surface area contributed by atoms with Crippen LogP contribution in [-0.2, 0) is 21.0 Å². The van der Waals surface area contributed by atoms with Crippen LogP contribution < -0.4 is 5.32 Å². The second-order valence-corrected chi connectivity index (χ2v) is 9.21. The van der Waals surface area contributed by atoms with E-state index < -0.39 is 17.5 Å². The molecule has 2 aliphatic carbocycles. The molecule has 0 saturated heterocycles. The van der Waals surface area contributed by atoms with Gasteiger partial charge in [0, 0.05) is 43.6 Å². The summed E-state index contributed by atoms with van der Waals surface area (Å²) in [7, 11) is 0. The van der Waals surface area contributed by atoms with Gasteiger partial charge in [0.05, 0.1) is 34.8 Å². The molecule has 32 heavy (non-hydrogen) atoms. The standard InChI is InChI=1S/C22H27N5O5/c1-2-27-19-16(11-24-27)18(25-14-5-3-12(4-6-14)20(28)29)15(10-23-19)17-9-22(32-26-17)7-13(8-22)21(30)31/h10-14H,2-9H2,1H3,(H,23,25)(H,28,29)(H,30,31). The fourth-order valence-corrected chi connectivity index (χ4v) is 5.22. The first-order chi connectivity index (χ1) is 15.4. The third-order valence-corrected chi connectivity index (χ3v) is 7.13. The van der Waals surface area contributed by atoms with Crippen molar-refractivity contribution in [2.45, 2.75) is 70.1 Å². The summed E-state index contributed by atoms with van der Waals surface area (Å²) in [6, 6.07) is 0.150. The van der Waals surface area contributed by atoms with Crippen molar-refractivity contribution >= 4 is 34.4 Å². The van der Waals surface area contributed by atoms with Crippen LogP contribution in [0.3, 0.4) is 0 Å². The Morgan fingerprint density at radius 3 is 2.53 bits per heavy atom. The molecule has 2 aromatic rings. The third kappa shape index (κ3) is 3.47. The molecule has 0 amide bonds. The van der Waals surface area contributed by atoms with Crippen molar-refractivity contribution in [3.8, 4) is 0 Å². The first kappa shape index (κ1) is 20.7. The number of aliphatic carboxylic acids is 2. The van der Waals surface area contributed by atoms with Crippen LogP contribution in [0.4, 0.5) is 5.69 Å². The molecule has 0 bridgehead atoms. The van der Waals surface area contributed by atoms with Crippen molar-refractivity contribution in [1.29, 1.82) is 0 Å². The van der Waals surface area contributed by atoms with Gasteiger partial charge in [0.15, 0.2) is 5.65 Å². The second-order valence-electron chi connectivity index (χ2n) is 9.21. The van der Waals surface area contributed by atoms with Gasteiger partial charge >= 0.3 is 11.9 Å². The summed E-state index contributed by atoms with van der Waals surface area (Å²) in [5, 5.41) is 31.8. The van der Waals surface area contributed by atoms with Gasteiger partial charge in [0.2, 0.25) is 0 Å². The molecule has 3 aliphatic rings. The number of carbonyl (C=O) groups is 2. The topological polar surface area (TPSA) is 139 Å². The number of fused-ring (bicyclic) bond motifs is 1. The van der Waals surface area contributed by atoms with E-state index in [0.29, 0.717) is 38.6 Å². The van der Waals surface area contributed by atoms with E-state index in [9.17, 15) is 19.8 Å². The minimum atomic E-state index is -0.790. The van der Waals surface area contributed by atoms with Crippen molar-refractivity contribution in [2.75, 3.05) is 5.32 Å². The highest BCUT2D eigenvalue weighted by Crippen LogP contribution is 2.48. The molecule has 2 aromatic heterocycles. The number of carboxylic acids is 2. The fraction of sp³-hybridized carbons (Fsp3) is 0.591. The van der Waals surface area contributed by atoms with Gasteiger partial charge in [-0.3, -0.25) is 9.59 Å². The summed E-state index contributed by atoms with van der Waals surface area (Å²) in [5.74, 6) is -2.17. The van der Waals surface area contributed by atoms with E-state index in [1.54, 1.807) is 12.4 Å². The molecule has 0 radical (unpaired) electrons.